The van der Waals surface area contributed by atoms with Crippen LogP contribution in [0, 0.1) is 10.1 Å². The standard InChI is InChI=1S/C18H18F3N3O6S/c1-3-23(11-17(25)22-13-6-4-5-7-16(13)30-2)14-9-8-12(10-15(14)24(26)27)31(28,29)18(19,20)21/h4-10H,3,11H2,1-2H3,(H,22,25). The first-order valence-electron chi connectivity index (χ1n) is 8.70. The molecule has 1 amide bonds. The van der Waals surface area contributed by atoms with Crippen LogP contribution < -0.4 is 15.0 Å². The third kappa shape index (κ3) is 5.23. The van der Waals surface area contributed by atoms with Crippen LogP contribution in [0.5, 0.6) is 5.75 Å². The van der Waals surface area contributed by atoms with E-state index >= 15 is 0 Å². The van der Waals surface area contributed by atoms with E-state index in [1.54, 1.807) is 31.2 Å². The van der Waals surface area contributed by atoms with Gasteiger partial charge in [-0.05, 0) is 31.2 Å². The number of likely N-dealkylation sites (N-methyl/N-ethyl adjacent to an activating group) is 1. The van der Waals surface area contributed by atoms with Gasteiger partial charge in [0.2, 0.25) is 5.91 Å². The van der Waals surface area contributed by atoms with Crippen molar-refractivity contribution in [1.82, 2.24) is 0 Å². The third-order valence-electron chi connectivity index (χ3n) is 4.20. The Labute approximate surface area is 175 Å². The number of alkyl halides is 3. The number of nitro benzene ring substituents is 1. The molecule has 0 radical (unpaired) electrons. The van der Waals surface area contributed by atoms with Gasteiger partial charge >= 0.3 is 5.51 Å². The van der Waals surface area contributed by atoms with Crippen LogP contribution in [0.3, 0.4) is 0 Å². The molecule has 0 unspecified atom stereocenters. The summed E-state index contributed by atoms with van der Waals surface area (Å²) in [4.78, 5) is 22.8. The number of amides is 1. The SMILES string of the molecule is CCN(CC(=O)Nc1ccccc1OC)c1ccc(S(=O)(=O)C(F)(F)F)cc1[N+](=O)[O-]. The van der Waals surface area contributed by atoms with E-state index in [4.69, 9.17) is 4.74 Å². The summed E-state index contributed by atoms with van der Waals surface area (Å²) >= 11 is 0. The number of carbonyl (C=O) groups is 1. The molecule has 0 saturated carbocycles. The number of carbonyl (C=O) groups excluding carboxylic acids is 1. The molecule has 2 aromatic rings. The number of nitro groups is 1. The molecule has 0 fully saturated rings. The van der Waals surface area contributed by atoms with Crippen LogP contribution in [0.1, 0.15) is 6.92 Å². The fourth-order valence-electron chi connectivity index (χ4n) is 2.70. The van der Waals surface area contributed by atoms with Crippen LogP contribution in [-0.2, 0) is 14.6 Å². The van der Waals surface area contributed by atoms with Crippen molar-refractivity contribution in [3.05, 3.63) is 52.6 Å². The Balaban J connectivity index is 2.36. The van der Waals surface area contributed by atoms with Gasteiger partial charge in [0.15, 0.2) is 0 Å². The summed E-state index contributed by atoms with van der Waals surface area (Å²) in [7, 11) is -4.36. The molecule has 2 rings (SSSR count). The summed E-state index contributed by atoms with van der Waals surface area (Å²) in [6.07, 6.45) is 0. The first-order chi connectivity index (χ1) is 14.4. The minimum atomic E-state index is -5.77. The Hall–Kier alpha value is -3.35. The zero-order chi connectivity index (χ0) is 23.4. The maximum absolute atomic E-state index is 12.8. The van der Waals surface area contributed by atoms with Gasteiger partial charge in [0.25, 0.3) is 15.5 Å². The molecular formula is C18H18F3N3O6S. The van der Waals surface area contributed by atoms with Gasteiger partial charge in [0.1, 0.15) is 11.4 Å². The van der Waals surface area contributed by atoms with Crippen molar-refractivity contribution >= 4 is 32.8 Å². The lowest BCUT2D eigenvalue weighted by molar-refractivity contribution is -0.384. The van der Waals surface area contributed by atoms with Gasteiger partial charge < -0.3 is 15.0 Å². The average Bonchev–Trinajstić information content (AvgIpc) is 2.71. The van der Waals surface area contributed by atoms with Crippen molar-refractivity contribution in [3.63, 3.8) is 0 Å². The molecule has 0 bridgehead atoms. The Morgan fingerprint density at radius 2 is 1.87 bits per heavy atom. The third-order valence-corrected chi connectivity index (χ3v) is 5.68. The highest BCUT2D eigenvalue weighted by Crippen LogP contribution is 2.36. The minimum absolute atomic E-state index is 0.0750. The molecule has 0 saturated heterocycles. The average molecular weight is 461 g/mol. The summed E-state index contributed by atoms with van der Waals surface area (Å²) in [5.74, 6) is -0.195. The van der Waals surface area contributed by atoms with Crippen molar-refractivity contribution < 1.29 is 36.0 Å². The zero-order valence-electron chi connectivity index (χ0n) is 16.3. The van der Waals surface area contributed by atoms with Gasteiger partial charge in [-0.25, -0.2) is 8.42 Å². The number of rotatable bonds is 8. The number of methoxy groups -OCH3 is 1. The van der Waals surface area contributed by atoms with Crippen LogP contribution >= 0.6 is 0 Å². The number of benzene rings is 2. The number of nitrogens with zero attached hydrogens (tertiary/aromatic N) is 2. The van der Waals surface area contributed by atoms with Crippen LogP contribution in [-0.4, -0.2) is 45.0 Å². The van der Waals surface area contributed by atoms with E-state index in [1.807, 2.05) is 0 Å². The Bertz CT molecular complexity index is 1090. The molecule has 1 N–H and O–H groups in total. The van der Waals surface area contributed by atoms with Gasteiger partial charge in [-0.15, -0.1) is 0 Å². The van der Waals surface area contributed by atoms with E-state index in [9.17, 15) is 36.5 Å². The van der Waals surface area contributed by atoms with E-state index in [-0.39, 0.29) is 18.8 Å². The quantitative estimate of drug-likeness (QED) is 0.473. The summed E-state index contributed by atoms with van der Waals surface area (Å²) < 4.78 is 66.6. The molecule has 0 aromatic heterocycles. The van der Waals surface area contributed by atoms with E-state index in [0.717, 1.165) is 6.07 Å². The molecule has 9 nitrogen and oxygen atoms in total. The highest BCUT2D eigenvalue weighted by Gasteiger charge is 2.47. The molecule has 0 spiro atoms. The lowest BCUT2D eigenvalue weighted by Crippen LogP contribution is -2.33. The van der Waals surface area contributed by atoms with Gasteiger partial charge in [-0.1, -0.05) is 12.1 Å². The van der Waals surface area contributed by atoms with E-state index in [2.05, 4.69) is 5.32 Å². The summed E-state index contributed by atoms with van der Waals surface area (Å²) in [6.45, 7) is 1.26. The van der Waals surface area contributed by atoms with E-state index < -0.39 is 36.8 Å². The van der Waals surface area contributed by atoms with Crippen molar-refractivity contribution in [2.24, 2.45) is 0 Å². The second kappa shape index (κ2) is 9.20. The fraction of sp³-hybridized carbons (Fsp3) is 0.278. The lowest BCUT2D eigenvalue weighted by Gasteiger charge is -2.23. The predicted molar refractivity (Wildman–Crippen MR) is 106 cm³/mol. The first kappa shape index (κ1) is 23.9. The first-order valence-corrected chi connectivity index (χ1v) is 10.2. The second-order valence-corrected chi connectivity index (χ2v) is 8.06. The van der Waals surface area contributed by atoms with Gasteiger partial charge in [0, 0.05) is 12.6 Å². The van der Waals surface area contributed by atoms with Crippen molar-refractivity contribution in [1.29, 1.82) is 0 Å². The van der Waals surface area contributed by atoms with Crippen LogP contribution in [0.4, 0.5) is 30.2 Å². The molecular weight excluding hydrogens is 443 g/mol. The van der Waals surface area contributed by atoms with Gasteiger partial charge in [0.05, 0.1) is 29.2 Å². The number of hydrogen-bond acceptors (Lipinski definition) is 7. The fourth-order valence-corrected chi connectivity index (χ4v) is 3.48. The van der Waals surface area contributed by atoms with Gasteiger partial charge in [-0.3, -0.25) is 14.9 Å². The van der Waals surface area contributed by atoms with Crippen molar-refractivity contribution in [3.8, 4) is 5.75 Å². The van der Waals surface area contributed by atoms with E-state index in [1.165, 1.54) is 12.0 Å². The lowest BCUT2D eigenvalue weighted by atomic mass is 10.2. The number of nitrogens with one attached hydrogen (secondary N) is 1. The van der Waals surface area contributed by atoms with Crippen molar-refractivity contribution in [2.75, 3.05) is 30.4 Å². The zero-order valence-corrected chi connectivity index (χ0v) is 17.2. The van der Waals surface area contributed by atoms with Crippen LogP contribution in [0.2, 0.25) is 0 Å². The molecule has 13 heteroatoms. The number of hydrogen-bond donors (Lipinski definition) is 1. The Morgan fingerprint density at radius 1 is 1.23 bits per heavy atom. The summed E-state index contributed by atoms with van der Waals surface area (Å²) in [5, 5.41) is 14.0. The van der Waals surface area contributed by atoms with E-state index in [0.29, 0.717) is 23.6 Å². The molecule has 0 aliphatic rings. The molecule has 0 atom stereocenters. The molecule has 2 aromatic carbocycles. The smallest absolute Gasteiger partial charge is 0.495 e. The highest BCUT2D eigenvalue weighted by molar-refractivity contribution is 7.92. The molecule has 168 valence electrons. The topological polar surface area (TPSA) is 119 Å². The molecule has 0 aliphatic heterocycles. The molecule has 31 heavy (non-hydrogen) atoms. The van der Waals surface area contributed by atoms with Gasteiger partial charge in [-0.2, -0.15) is 13.2 Å². The minimum Gasteiger partial charge on any atom is -0.495 e. The second-order valence-electron chi connectivity index (χ2n) is 6.12. The maximum atomic E-state index is 12.8. The number of para-hydroxylation sites is 2. The van der Waals surface area contributed by atoms with Crippen molar-refractivity contribution in [2.45, 2.75) is 17.3 Å². The maximum Gasteiger partial charge on any atom is 0.501 e. The summed E-state index contributed by atoms with van der Waals surface area (Å²) in [5.41, 5.74) is -6.34. The molecule has 0 heterocycles. The highest BCUT2D eigenvalue weighted by atomic mass is 32.2. The predicted octanol–water partition coefficient (Wildman–Crippen LogP) is 3.36. The monoisotopic (exact) mass is 461 g/mol. The Morgan fingerprint density at radius 3 is 2.42 bits per heavy atom. The number of sulfone groups is 1. The number of ether oxygens (including phenoxy) is 1. The van der Waals surface area contributed by atoms with Crippen LogP contribution in [0.25, 0.3) is 0 Å². The molecule has 0 aliphatic carbocycles. The van der Waals surface area contributed by atoms with Crippen LogP contribution in [0.15, 0.2) is 47.4 Å². The number of anilines is 2. The Kier molecular flexibility index (Phi) is 7.10. The number of halogens is 3. The normalized spacial score (nSPS) is 11.6. The summed E-state index contributed by atoms with van der Waals surface area (Å²) in [6, 6.07) is 8.35. The largest absolute Gasteiger partial charge is 0.501 e.